The second kappa shape index (κ2) is 6.99. The quantitative estimate of drug-likeness (QED) is 0.601. The van der Waals surface area contributed by atoms with Crippen molar-refractivity contribution in [2.75, 3.05) is 0 Å². The predicted octanol–water partition coefficient (Wildman–Crippen LogP) is 2.93. The molecule has 1 aromatic heterocycles. The number of nitro benzene ring substituents is 1. The van der Waals surface area contributed by atoms with Crippen LogP contribution in [0, 0.1) is 17.0 Å². The number of rotatable bonds is 7. The largest absolute Gasteiger partial charge is 0.481 e. The van der Waals surface area contributed by atoms with Crippen molar-refractivity contribution in [1.82, 2.24) is 4.90 Å². The van der Waals surface area contributed by atoms with Crippen LogP contribution in [0.1, 0.15) is 40.1 Å². The van der Waals surface area contributed by atoms with E-state index >= 15 is 0 Å². The Morgan fingerprint density at radius 2 is 2.12 bits per heavy atom. The van der Waals surface area contributed by atoms with Gasteiger partial charge in [0.15, 0.2) is 0 Å². The van der Waals surface area contributed by atoms with Crippen molar-refractivity contribution >= 4 is 17.6 Å². The van der Waals surface area contributed by atoms with Gasteiger partial charge in [-0.1, -0.05) is 12.1 Å². The third-order valence-corrected chi connectivity index (χ3v) is 4.30. The first-order chi connectivity index (χ1) is 12.4. The fourth-order valence-electron chi connectivity index (χ4n) is 2.91. The third kappa shape index (κ3) is 3.74. The van der Waals surface area contributed by atoms with E-state index in [2.05, 4.69) is 0 Å². The molecule has 1 aliphatic rings. The predicted molar refractivity (Wildman–Crippen MR) is 90.8 cm³/mol. The summed E-state index contributed by atoms with van der Waals surface area (Å²) in [5.41, 5.74) is 1.47. The highest BCUT2D eigenvalue weighted by Crippen LogP contribution is 2.32. The minimum atomic E-state index is -1.08. The number of amides is 1. The highest BCUT2D eigenvalue weighted by Gasteiger charge is 2.35. The number of aryl methyl sites for hydroxylation is 1. The van der Waals surface area contributed by atoms with Crippen LogP contribution in [0.15, 0.2) is 34.9 Å². The molecule has 0 saturated heterocycles. The second-order valence-electron chi connectivity index (χ2n) is 6.38. The Labute approximate surface area is 149 Å². The zero-order valence-electron chi connectivity index (χ0n) is 14.2. The normalized spacial score (nSPS) is 13.4. The van der Waals surface area contributed by atoms with Crippen LogP contribution in [0.2, 0.25) is 0 Å². The van der Waals surface area contributed by atoms with Gasteiger partial charge in [-0.05, 0) is 25.3 Å². The molecule has 1 aromatic carbocycles. The van der Waals surface area contributed by atoms with Crippen LogP contribution in [-0.2, 0) is 17.8 Å². The summed E-state index contributed by atoms with van der Waals surface area (Å²) in [4.78, 5) is 36.2. The maximum Gasteiger partial charge on any atom is 0.311 e. The van der Waals surface area contributed by atoms with Gasteiger partial charge in [0.05, 0.1) is 16.7 Å². The van der Waals surface area contributed by atoms with Crippen LogP contribution in [0.25, 0.3) is 0 Å². The van der Waals surface area contributed by atoms with Crippen LogP contribution >= 0.6 is 0 Å². The van der Waals surface area contributed by atoms with Crippen molar-refractivity contribution in [1.29, 1.82) is 0 Å². The van der Waals surface area contributed by atoms with Crippen molar-refractivity contribution in [2.45, 2.75) is 38.8 Å². The lowest BCUT2D eigenvalue weighted by Gasteiger charge is -2.23. The van der Waals surface area contributed by atoms with Crippen LogP contribution in [0.4, 0.5) is 5.69 Å². The minimum Gasteiger partial charge on any atom is -0.481 e. The maximum absolute atomic E-state index is 13.1. The molecular formula is C18H18N2O6. The van der Waals surface area contributed by atoms with Gasteiger partial charge in [-0.15, -0.1) is 0 Å². The molecule has 8 heteroatoms. The van der Waals surface area contributed by atoms with E-state index in [1.165, 1.54) is 18.4 Å². The molecule has 0 spiro atoms. The van der Waals surface area contributed by atoms with Crippen molar-refractivity contribution in [3.8, 4) is 0 Å². The van der Waals surface area contributed by atoms with Crippen LogP contribution in [0.3, 0.4) is 0 Å². The summed E-state index contributed by atoms with van der Waals surface area (Å²) in [6.45, 7) is 1.92. The van der Waals surface area contributed by atoms with Crippen molar-refractivity contribution < 1.29 is 24.0 Å². The van der Waals surface area contributed by atoms with Crippen LogP contribution in [0.5, 0.6) is 0 Å². The Morgan fingerprint density at radius 3 is 2.73 bits per heavy atom. The number of furan rings is 1. The Bertz CT molecular complexity index is 868. The van der Waals surface area contributed by atoms with Crippen molar-refractivity contribution in [3.63, 3.8) is 0 Å². The maximum atomic E-state index is 13.1. The molecule has 2 aromatic rings. The standard InChI is InChI=1S/C18H18N2O6/c1-11-10-26-15(8-16(21)22)17(11)18(23)19(13-5-6-13)9-12-3-2-4-14(7-12)20(24)25/h2-4,7,10,13H,5-6,8-9H2,1H3,(H,21,22). The molecule has 1 N–H and O–H groups in total. The molecule has 0 bridgehead atoms. The Kier molecular flexibility index (Phi) is 4.75. The molecular weight excluding hydrogens is 340 g/mol. The summed E-state index contributed by atoms with van der Waals surface area (Å²) in [5.74, 6) is -1.25. The van der Waals surface area contributed by atoms with E-state index in [1.54, 1.807) is 24.0 Å². The van der Waals surface area contributed by atoms with Gasteiger partial charge in [-0.3, -0.25) is 19.7 Å². The molecule has 1 heterocycles. The molecule has 0 radical (unpaired) electrons. The van der Waals surface area contributed by atoms with Gasteiger partial charge in [0.25, 0.3) is 11.6 Å². The summed E-state index contributed by atoms with van der Waals surface area (Å²) >= 11 is 0. The lowest BCUT2D eigenvalue weighted by Crippen LogP contribution is -2.33. The molecule has 1 aliphatic carbocycles. The van der Waals surface area contributed by atoms with Gasteiger partial charge in [0, 0.05) is 30.3 Å². The molecule has 8 nitrogen and oxygen atoms in total. The molecule has 3 rings (SSSR count). The summed E-state index contributed by atoms with van der Waals surface area (Å²) in [6.07, 6.45) is 2.71. The fraction of sp³-hybridized carbons (Fsp3) is 0.333. The number of aliphatic carboxylic acids is 1. The van der Waals surface area contributed by atoms with Gasteiger partial charge in [-0.25, -0.2) is 0 Å². The monoisotopic (exact) mass is 358 g/mol. The number of benzene rings is 1. The van der Waals surface area contributed by atoms with E-state index in [-0.39, 0.29) is 41.9 Å². The third-order valence-electron chi connectivity index (χ3n) is 4.30. The zero-order valence-corrected chi connectivity index (χ0v) is 14.2. The van der Waals surface area contributed by atoms with Gasteiger partial charge in [-0.2, -0.15) is 0 Å². The molecule has 136 valence electrons. The highest BCUT2D eigenvalue weighted by molar-refractivity contribution is 5.97. The second-order valence-corrected chi connectivity index (χ2v) is 6.38. The Morgan fingerprint density at radius 1 is 1.38 bits per heavy atom. The summed E-state index contributed by atoms with van der Waals surface area (Å²) in [7, 11) is 0. The molecule has 1 saturated carbocycles. The smallest absolute Gasteiger partial charge is 0.311 e. The zero-order chi connectivity index (χ0) is 18.8. The molecule has 26 heavy (non-hydrogen) atoms. The number of nitro groups is 1. The number of hydrogen-bond donors (Lipinski definition) is 1. The number of hydrogen-bond acceptors (Lipinski definition) is 5. The van der Waals surface area contributed by atoms with Crippen LogP contribution < -0.4 is 0 Å². The first-order valence-corrected chi connectivity index (χ1v) is 8.20. The molecule has 0 unspecified atom stereocenters. The average molecular weight is 358 g/mol. The van der Waals surface area contributed by atoms with Gasteiger partial charge in [0.1, 0.15) is 12.2 Å². The summed E-state index contributed by atoms with van der Waals surface area (Å²) in [6, 6.07) is 6.22. The fourth-order valence-corrected chi connectivity index (χ4v) is 2.91. The van der Waals surface area contributed by atoms with E-state index in [0.29, 0.717) is 11.1 Å². The minimum absolute atomic E-state index is 0.0308. The van der Waals surface area contributed by atoms with Gasteiger partial charge >= 0.3 is 5.97 Å². The van der Waals surface area contributed by atoms with Gasteiger partial charge in [0.2, 0.25) is 0 Å². The molecule has 0 atom stereocenters. The lowest BCUT2D eigenvalue weighted by atomic mass is 10.1. The summed E-state index contributed by atoms with van der Waals surface area (Å²) in [5, 5.41) is 20.0. The van der Waals surface area contributed by atoms with Crippen molar-refractivity contribution in [3.05, 3.63) is 63.1 Å². The average Bonchev–Trinajstić information content (AvgIpc) is 3.36. The Hall–Kier alpha value is -3.16. The van der Waals surface area contributed by atoms with E-state index in [1.807, 2.05) is 0 Å². The number of carbonyl (C=O) groups excluding carboxylic acids is 1. The number of carboxylic acids is 1. The lowest BCUT2D eigenvalue weighted by molar-refractivity contribution is -0.384. The number of nitrogens with zero attached hydrogens (tertiary/aromatic N) is 2. The van der Waals surface area contributed by atoms with E-state index in [9.17, 15) is 19.7 Å². The Balaban J connectivity index is 1.88. The van der Waals surface area contributed by atoms with Gasteiger partial charge < -0.3 is 14.4 Å². The topological polar surface area (TPSA) is 114 Å². The van der Waals surface area contributed by atoms with Crippen molar-refractivity contribution in [2.24, 2.45) is 0 Å². The van der Waals surface area contributed by atoms with E-state index < -0.39 is 10.9 Å². The number of carboxylic acid groups (broad SMARTS) is 1. The number of carbonyl (C=O) groups is 2. The highest BCUT2D eigenvalue weighted by atomic mass is 16.6. The molecule has 1 fully saturated rings. The molecule has 1 amide bonds. The first kappa shape index (κ1) is 17.7. The number of non-ortho nitro benzene ring substituents is 1. The molecule has 0 aliphatic heterocycles. The summed E-state index contributed by atoms with van der Waals surface area (Å²) < 4.78 is 5.26. The SMILES string of the molecule is Cc1coc(CC(=O)O)c1C(=O)N(Cc1cccc([N+](=O)[O-])c1)C1CC1. The van der Waals surface area contributed by atoms with E-state index in [4.69, 9.17) is 9.52 Å². The van der Waals surface area contributed by atoms with E-state index in [0.717, 1.165) is 12.8 Å². The van der Waals surface area contributed by atoms with Crippen LogP contribution in [-0.4, -0.2) is 32.8 Å². The first-order valence-electron chi connectivity index (χ1n) is 8.20.